The molecule has 1 aliphatic carbocycles. The number of piperidine rings is 1. The van der Waals surface area contributed by atoms with Crippen molar-refractivity contribution in [2.24, 2.45) is 5.92 Å². The molecule has 0 radical (unpaired) electrons. The second kappa shape index (κ2) is 8.54. The summed E-state index contributed by atoms with van der Waals surface area (Å²) in [6.45, 7) is 1.04. The van der Waals surface area contributed by atoms with Crippen molar-refractivity contribution in [3.8, 4) is 0 Å². The van der Waals surface area contributed by atoms with E-state index in [2.05, 4.69) is 5.32 Å². The van der Waals surface area contributed by atoms with Crippen molar-refractivity contribution in [2.75, 3.05) is 18.0 Å². The average Bonchev–Trinajstić information content (AvgIpc) is 2.69. The normalized spacial score (nSPS) is 20.0. The van der Waals surface area contributed by atoms with Crippen LogP contribution in [0.2, 0.25) is 0 Å². The minimum Gasteiger partial charge on any atom is -0.370 e. The Balaban J connectivity index is 1.62. The first-order valence-electron chi connectivity index (χ1n) is 9.56. The molecule has 0 atom stereocenters. The standard InChI is InChI=1S/C19H26F2N2O3S/c20-19(21)27(25,26)17-9-5-4-8-16(17)23-12-10-15(11-13-23)22-18(24)14-6-2-1-3-7-14/h4-5,8-9,14-15,19H,1-3,6-7,10-13H2,(H,22,24). The van der Waals surface area contributed by atoms with Gasteiger partial charge in [0.25, 0.3) is 0 Å². The molecular formula is C19H26F2N2O3S. The highest BCUT2D eigenvalue weighted by Gasteiger charge is 2.32. The topological polar surface area (TPSA) is 66.5 Å². The van der Waals surface area contributed by atoms with E-state index >= 15 is 0 Å². The van der Waals surface area contributed by atoms with E-state index in [-0.39, 0.29) is 22.8 Å². The molecular weight excluding hydrogens is 374 g/mol. The second-order valence-electron chi connectivity index (χ2n) is 7.38. The van der Waals surface area contributed by atoms with Crippen LogP contribution in [-0.4, -0.2) is 39.2 Å². The van der Waals surface area contributed by atoms with Crippen molar-refractivity contribution < 1.29 is 22.0 Å². The summed E-state index contributed by atoms with van der Waals surface area (Å²) in [6.07, 6.45) is 6.64. The largest absolute Gasteiger partial charge is 0.370 e. The lowest BCUT2D eigenvalue weighted by Gasteiger charge is -2.35. The first kappa shape index (κ1) is 20.0. The maximum absolute atomic E-state index is 13.0. The predicted molar refractivity (Wildman–Crippen MR) is 99.6 cm³/mol. The van der Waals surface area contributed by atoms with Crippen LogP contribution in [0.4, 0.5) is 14.5 Å². The van der Waals surface area contributed by atoms with Crippen LogP contribution in [0.15, 0.2) is 29.2 Å². The fourth-order valence-corrected chi connectivity index (χ4v) is 4.95. The molecule has 1 heterocycles. The molecule has 150 valence electrons. The number of amides is 1. The second-order valence-corrected chi connectivity index (χ2v) is 9.26. The molecule has 2 aliphatic rings. The number of sulfone groups is 1. The Labute approximate surface area is 159 Å². The smallest absolute Gasteiger partial charge is 0.341 e. The maximum Gasteiger partial charge on any atom is 0.341 e. The van der Waals surface area contributed by atoms with Gasteiger partial charge in [0, 0.05) is 25.0 Å². The quantitative estimate of drug-likeness (QED) is 0.823. The number of alkyl halides is 2. The number of hydrogen-bond acceptors (Lipinski definition) is 4. The fraction of sp³-hybridized carbons (Fsp3) is 0.632. The molecule has 2 fully saturated rings. The number of nitrogens with one attached hydrogen (secondary N) is 1. The van der Waals surface area contributed by atoms with Crippen molar-refractivity contribution in [3.63, 3.8) is 0 Å². The fourth-order valence-electron chi connectivity index (χ4n) is 4.00. The molecule has 1 saturated carbocycles. The summed E-state index contributed by atoms with van der Waals surface area (Å²) in [4.78, 5) is 13.9. The van der Waals surface area contributed by atoms with E-state index in [0.717, 1.165) is 25.7 Å². The number of halogens is 2. The molecule has 1 saturated heterocycles. The van der Waals surface area contributed by atoms with E-state index in [1.807, 2.05) is 4.90 Å². The van der Waals surface area contributed by atoms with Crippen LogP contribution in [0.3, 0.4) is 0 Å². The Morgan fingerprint density at radius 2 is 1.67 bits per heavy atom. The van der Waals surface area contributed by atoms with E-state index in [1.54, 1.807) is 12.1 Å². The number of para-hydroxylation sites is 1. The summed E-state index contributed by atoms with van der Waals surface area (Å²) in [5, 5.41) is 3.12. The Morgan fingerprint density at radius 3 is 2.30 bits per heavy atom. The Kier molecular flexibility index (Phi) is 6.34. The van der Waals surface area contributed by atoms with Gasteiger partial charge in [0.15, 0.2) is 0 Å². The molecule has 0 unspecified atom stereocenters. The molecule has 1 N–H and O–H groups in total. The molecule has 0 aromatic heterocycles. The van der Waals surface area contributed by atoms with E-state index in [0.29, 0.717) is 31.6 Å². The van der Waals surface area contributed by atoms with Gasteiger partial charge >= 0.3 is 5.76 Å². The van der Waals surface area contributed by atoms with Gasteiger partial charge in [0.2, 0.25) is 15.7 Å². The van der Waals surface area contributed by atoms with Crippen molar-refractivity contribution in [2.45, 2.75) is 61.6 Å². The molecule has 0 bridgehead atoms. The minimum atomic E-state index is -4.65. The average molecular weight is 400 g/mol. The monoisotopic (exact) mass is 400 g/mol. The van der Waals surface area contributed by atoms with E-state index < -0.39 is 15.6 Å². The summed E-state index contributed by atoms with van der Waals surface area (Å²) in [5.41, 5.74) is 0.315. The Hall–Kier alpha value is -1.70. The first-order chi connectivity index (χ1) is 12.9. The van der Waals surface area contributed by atoms with Crippen molar-refractivity contribution in [1.82, 2.24) is 5.32 Å². The summed E-state index contributed by atoms with van der Waals surface area (Å²) >= 11 is 0. The van der Waals surface area contributed by atoms with Gasteiger partial charge in [0.05, 0.1) is 10.6 Å². The molecule has 1 aromatic carbocycles. The lowest BCUT2D eigenvalue weighted by molar-refractivity contribution is -0.126. The summed E-state index contributed by atoms with van der Waals surface area (Å²) in [5.74, 6) is -3.21. The molecule has 3 rings (SSSR count). The highest BCUT2D eigenvalue weighted by Crippen LogP contribution is 2.31. The SMILES string of the molecule is O=C(NC1CCN(c2ccccc2S(=O)(=O)C(F)F)CC1)C1CCCCC1. The van der Waals surface area contributed by atoms with Crippen LogP contribution in [-0.2, 0) is 14.6 Å². The molecule has 27 heavy (non-hydrogen) atoms. The number of nitrogens with zero attached hydrogens (tertiary/aromatic N) is 1. The zero-order valence-corrected chi connectivity index (χ0v) is 16.1. The third-order valence-corrected chi connectivity index (χ3v) is 6.99. The van der Waals surface area contributed by atoms with Gasteiger partial charge in [-0.15, -0.1) is 0 Å². The number of benzene rings is 1. The zero-order chi connectivity index (χ0) is 19.4. The van der Waals surface area contributed by atoms with Gasteiger partial charge in [-0.05, 0) is 37.8 Å². The van der Waals surface area contributed by atoms with Crippen LogP contribution < -0.4 is 10.2 Å². The number of carbonyl (C=O) groups is 1. The number of carbonyl (C=O) groups excluding carboxylic acids is 1. The van der Waals surface area contributed by atoms with Crippen LogP contribution in [0.1, 0.15) is 44.9 Å². The molecule has 1 amide bonds. The number of anilines is 1. The lowest BCUT2D eigenvalue weighted by atomic mass is 9.88. The van der Waals surface area contributed by atoms with Crippen LogP contribution in [0.5, 0.6) is 0 Å². The van der Waals surface area contributed by atoms with Gasteiger partial charge < -0.3 is 10.2 Å². The minimum absolute atomic E-state index is 0.0505. The third-order valence-electron chi connectivity index (χ3n) is 5.56. The molecule has 5 nitrogen and oxygen atoms in total. The third kappa shape index (κ3) is 4.59. The van der Waals surface area contributed by atoms with E-state index in [1.165, 1.54) is 18.6 Å². The highest BCUT2D eigenvalue weighted by molar-refractivity contribution is 7.91. The number of hydrogen-bond donors (Lipinski definition) is 1. The van der Waals surface area contributed by atoms with Crippen LogP contribution in [0, 0.1) is 5.92 Å². The molecule has 8 heteroatoms. The van der Waals surface area contributed by atoms with E-state index in [4.69, 9.17) is 0 Å². The maximum atomic E-state index is 13.0. The van der Waals surface area contributed by atoms with Gasteiger partial charge in [-0.2, -0.15) is 8.78 Å². The number of rotatable bonds is 5. The van der Waals surface area contributed by atoms with Gasteiger partial charge in [0.1, 0.15) is 0 Å². The van der Waals surface area contributed by atoms with E-state index in [9.17, 15) is 22.0 Å². The summed E-state index contributed by atoms with van der Waals surface area (Å²) in [7, 11) is -4.65. The highest BCUT2D eigenvalue weighted by atomic mass is 32.2. The molecule has 1 aromatic rings. The van der Waals surface area contributed by atoms with Gasteiger partial charge in [-0.25, -0.2) is 8.42 Å². The van der Waals surface area contributed by atoms with Crippen LogP contribution in [0.25, 0.3) is 0 Å². The van der Waals surface area contributed by atoms with Gasteiger partial charge in [-0.3, -0.25) is 4.79 Å². The molecule has 1 aliphatic heterocycles. The Morgan fingerprint density at radius 1 is 1.04 bits per heavy atom. The predicted octanol–water partition coefficient (Wildman–Crippen LogP) is 3.35. The van der Waals surface area contributed by atoms with Crippen molar-refractivity contribution in [3.05, 3.63) is 24.3 Å². The van der Waals surface area contributed by atoms with Gasteiger partial charge in [-0.1, -0.05) is 31.4 Å². The van der Waals surface area contributed by atoms with Crippen molar-refractivity contribution in [1.29, 1.82) is 0 Å². The lowest BCUT2D eigenvalue weighted by Crippen LogP contribution is -2.46. The first-order valence-corrected chi connectivity index (χ1v) is 11.1. The summed E-state index contributed by atoms with van der Waals surface area (Å²) in [6, 6.07) is 5.95. The van der Waals surface area contributed by atoms with Crippen molar-refractivity contribution >= 4 is 21.4 Å². The van der Waals surface area contributed by atoms with Crippen LogP contribution >= 0.6 is 0 Å². The molecule has 0 spiro atoms. The zero-order valence-electron chi connectivity index (χ0n) is 15.2. The Bertz CT molecular complexity index is 756. The summed E-state index contributed by atoms with van der Waals surface area (Å²) < 4.78 is 49.8.